The molecule has 2 rings (SSSR count). The molecule has 0 radical (unpaired) electrons. The molecule has 1 fully saturated rings. The van der Waals surface area contributed by atoms with Crippen molar-refractivity contribution in [2.75, 3.05) is 6.61 Å². The summed E-state index contributed by atoms with van der Waals surface area (Å²) in [7, 11) is -3.95. The van der Waals surface area contributed by atoms with Crippen LogP contribution in [-0.2, 0) is 14.8 Å². The summed E-state index contributed by atoms with van der Waals surface area (Å²) in [5, 5.41) is 0. The molecule has 1 aromatic carbocycles. The fourth-order valence-electron chi connectivity index (χ4n) is 2.07. The predicted octanol–water partition coefficient (Wildman–Crippen LogP) is 1.81. The van der Waals surface area contributed by atoms with Gasteiger partial charge in [0, 0.05) is 18.7 Å². The van der Waals surface area contributed by atoms with Crippen molar-refractivity contribution in [3.8, 4) is 0 Å². The van der Waals surface area contributed by atoms with Gasteiger partial charge in [-0.1, -0.05) is 0 Å². The maximum absolute atomic E-state index is 13.0. The summed E-state index contributed by atoms with van der Waals surface area (Å²) in [5.41, 5.74) is 0. The summed E-state index contributed by atoms with van der Waals surface area (Å²) in [6, 6.07) is 1.75. The number of hydrogen-bond donors (Lipinski definition) is 1. The summed E-state index contributed by atoms with van der Waals surface area (Å²) < 4.78 is 57.8. The molecule has 0 aliphatic carbocycles. The monoisotopic (exact) mass is 291 g/mol. The van der Waals surface area contributed by atoms with Crippen LogP contribution in [0, 0.1) is 11.6 Å². The largest absolute Gasteiger partial charge is 0.377 e. The molecule has 1 heterocycles. The minimum atomic E-state index is -3.95. The van der Waals surface area contributed by atoms with Gasteiger partial charge in [-0.05, 0) is 31.9 Å². The van der Waals surface area contributed by atoms with Crippen LogP contribution < -0.4 is 4.72 Å². The second-order valence-corrected chi connectivity index (χ2v) is 6.28. The zero-order chi connectivity index (χ0) is 14.0. The van der Waals surface area contributed by atoms with Crippen molar-refractivity contribution < 1.29 is 21.9 Å². The van der Waals surface area contributed by atoms with E-state index in [1.165, 1.54) is 0 Å². The van der Waals surface area contributed by atoms with E-state index in [1.807, 2.05) is 0 Å². The average Bonchev–Trinajstić information content (AvgIpc) is 2.80. The lowest BCUT2D eigenvalue weighted by Gasteiger charge is -2.19. The second-order valence-electron chi connectivity index (χ2n) is 4.57. The van der Waals surface area contributed by atoms with Gasteiger partial charge in [0.2, 0.25) is 10.0 Å². The van der Waals surface area contributed by atoms with Crippen molar-refractivity contribution in [1.29, 1.82) is 0 Å². The molecule has 7 heteroatoms. The number of halogens is 2. The van der Waals surface area contributed by atoms with Gasteiger partial charge in [-0.25, -0.2) is 21.9 Å². The lowest BCUT2D eigenvalue weighted by Crippen LogP contribution is -2.40. The van der Waals surface area contributed by atoms with Crippen LogP contribution in [0.25, 0.3) is 0 Å². The molecule has 1 aromatic rings. The van der Waals surface area contributed by atoms with Gasteiger partial charge in [0.25, 0.3) is 0 Å². The van der Waals surface area contributed by atoms with E-state index in [2.05, 4.69) is 4.72 Å². The van der Waals surface area contributed by atoms with Crippen molar-refractivity contribution in [2.24, 2.45) is 0 Å². The third kappa shape index (κ3) is 3.49. The lowest BCUT2D eigenvalue weighted by molar-refractivity contribution is 0.0902. The molecule has 2 atom stereocenters. The molecular formula is C12H15F2NO3S. The van der Waals surface area contributed by atoms with Gasteiger partial charge in [-0.3, -0.25) is 0 Å². The van der Waals surface area contributed by atoms with E-state index >= 15 is 0 Å². The van der Waals surface area contributed by atoms with E-state index in [9.17, 15) is 17.2 Å². The number of benzene rings is 1. The number of rotatable bonds is 4. The Morgan fingerprint density at radius 1 is 1.32 bits per heavy atom. The van der Waals surface area contributed by atoms with Gasteiger partial charge in [0.15, 0.2) is 0 Å². The maximum Gasteiger partial charge on any atom is 0.241 e. The molecule has 0 aromatic heterocycles. The summed E-state index contributed by atoms with van der Waals surface area (Å²) in [5.74, 6) is -1.85. The third-order valence-electron chi connectivity index (χ3n) is 3.01. The summed E-state index contributed by atoms with van der Waals surface area (Å²) in [6.45, 7) is 2.27. The Morgan fingerprint density at radius 2 is 1.95 bits per heavy atom. The van der Waals surface area contributed by atoms with Crippen molar-refractivity contribution in [1.82, 2.24) is 4.72 Å². The topological polar surface area (TPSA) is 55.4 Å². The standard InChI is InChI=1S/C12H15F2NO3S/c1-8(12-3-2-4-18-12)15-19(16,17)11-6-9(13)5-10(14)7-11/h5-8,12,15H,2-4H2,1H3/t8-,12-/m0/s1. The van der Waals surface area contributed by atoms with E-state index in [-0.39, 0.29) is 6.10 Å². The summed E-state index contributed by atoms with van der Waals surface area (Å²) >= 11 is 0. The Kier molecular flexibility index (Phi) is 4.17. The first-order chi connectivity index (χ1) is 8.88. The van der Waals surface area contributed by atoms with Gasteiger partial charge < -0.3 is 4.74 Å². The van der Waals surface area contributed by atoms with Gasteiger partial charge in [-0.15, -0.1) is 0 Å². The van der Waals surface area contributed by atoms with Gasteiger partial charge in [0.05, 0.1) is 11.0 Å². The fraction of sp³-hybridized carbons (Fsp3) is 0.500. The molecule has 0 bridgehead atoms. The number of ether oxygens (including phenoxy) is 1. The zero-order valence-electron chi connectivity index (χ0n) is 10.4. The number of hydrogen-bond acceptors (Lipinski definition) is 3. The Bertz CT molecular complexity index is 536. The first-order valence-corrected chi connectivity index (χ1v) is 7.47. The quantitative estimate of drug-likeness (QED) is 0.920. The van der Waals surface area contributed by atoms with Gasteiger partial charge >= 0.3 is 0 Å². The Labute approximate surface area is 110 Å². The van der Waals surface area contributed by atoms with E-state index in [1.54, 1.807) is 6.92 Å². The van der Waals surface area contributed by atoms with E-state index in [4.69, 9.17) is 4.74 Å². The number of sulfonamides is 1. The first-order valence-electron chi connectivity index (χ1n) is 5.98. The van der Waals surface area contributed by atoms with Gasteiger partial charge in [0.1, 0.15) is 11.6 Å². The highest BCUT2D eigenvalue weighted by atomic mass is 32.2. The van der Waals surface area contributed by atoms with Crippen LogP contribution in [0.4, 0.5) is 8.78 Å². The molecule has 106 valence electrons. The highest BCUT2D eigenvalue weighted by Crippen LogP contribution is 2.18. The second kappa shape index (κ2) is 5.52. The van der Waals surface area contributed by atoms with Crippen LogP contribution in [-0.4, -0.2) is 27.2 Å². The Morgan fingerprint density at radius 3 is 2.47 bits per heavy atom. The van der Waals surface area contributed by atoms with Crippen LogP contribution in [0.1, 0.15) is 19.8 Å². The molecule has 1 saturated heterocycles. The van der Waals surface area contributed by atoms with Crippen LogP contribution in [0.2, 0.25) is 0 Å². The molecule has 0 saturated carbocycles. The molecule has 1 N–H and O–H groups in total. The summed E-state index contributed by atoms with van der Waals surface area (Å²) in [6.07, 6.45) is 1.44. The van der Waals surface area contributed by atoms with Crippen LogP contribution in [0.3, 0.4) is 0 Å². The van der Waals surface area contributed by atoms with E-state index in [0.29, 0.717) is 12.7 Å². The van der Waals surface area contributed by atoms with Crippen LogP contribution in [0.15, 0.2) is 23.1 Å². The SMILES string of the molecule is C[C@H](NS(=O)(=O)c1cc(F)cc(F)c1)[C@@H]1CCCO1. The third-order valence-corrected chi connectivity index (χ3v) is 4.55. The summed E-state index contributed by atoms with van der Waals surface area (Å²) in [4.78, 5) is -0.421. The Balaban J connectivity index is 2.17. The zero-order valence-corrected chi connectivity index (χ0v) is 11.2. The van der Waals surface area contributed by atoms with Gasteiger partial charge in [-0.2, -0.15) is 0 Å². The first kappa shape index (κ1) is 14.4. The normalized spacial score (nSPS) is 21.5. The predicted molar refractivity (Wildman–Crippen MR) is 65.1 cm³/mol. The molecule has 19 heavy (non-hydrogen) atoms. The molecule has 0 spiro atoms. The van der Waals surface area contributed by atoms with E-state index in [0.717, 1.165) is 25.0 Å². The molecule has 0 amide bonds. The molecule has 4 nitrogen and oxygen atoms in total. The molecule has 1 aliphatic heterocycles. The van der Waals surface area contributed by atoms with Crippen molar-refractivity contribution >= 4 is 10.0 Å². The average molecular weight is 291 g/mol. The highest BCUT2D eigenvalue weighted by molar-refractivity contribution is 7.89. The fourth-order valence-corrected chi connectivity index (χ4v) is 3.38. The smallest absolute Gasteiger partial charge is 0.241 e. The minimum absolute atomic E-state index is 0.201. The van der Waals surface area contributed by atoms with Crippen molar-refractivity contribution in [3.63, 3.8) is 0 Å². The molecule has 0 unspecified atom stereocenters. The Hall–Kier alpha value is -1.05. The highest BCUT2D eigenvalue weighted by Gasteiger charge is 2.27. The van der Waals surface area contributed by atoms with Crippen LogP contribution in [0.5, 0.6) is 0 Å². The molecule has 1 aliphatic rings. The maximum atomic E-state index is 13.0. The van der Waals surface area contributed by atoms with Crippen molar-refractivity contribution in [2.45, 2.75) is 36.8 Å². The molecular weight excluding hydrogens is 276 g/mol. The van der Waals surface area contributed by atoms with E-state index < -0.39 is 32.6 Å². The van der Waals surface area contributed by atoms with Crippen molar-refractivity contribution in [3.05, 3.63) is 29.8 Å². The minimum Gasteiger partial charge on any atom is -0.377 e. The number of nitrogens with one attached hydrogen (secondary N) is 1. The lowest BCUT2D eigenvalue weighted by atomic mass is 10.1. The van der Waals surface area contributed by atoms with Crippen LogP contribution >= 0.6 is 0 Å².